The van der Waals surface area contributed by atoms with Gasteiger partial charge in [-0.2, -0.15) is 0 Å². The van der Waals surface area contributed by atoms with Crippen LogP contribution in [0.15, 0.2) is 12.1 Å². The first-order valence-electron chi connectivity index (χ1n) is 4.83. The van der Waals surface area contributed by atoms with Crippen molar-refractivity contribution in [2.75, 3.05) is 7.05 Å². The van der Waals surface area contributed by atoms with Gasteiger partial charge in [0, 0.05) is 18.2 Å². The van der Waals surface area contributed by atoms with E-state index in [0.717, 1.165) is 12.1 Å². The fourth-order valence-electron chi connectivity index (χ4n) is 1.62. The molecule has 92 valence electrons. The zero-order chi connectivity index (χ0) is 13.4. The Balaban J connectivity index is 2.71. The van der Waals surface area contributed by atoms with Crippen molar-refractivity contribution < 1.29 is 29.0 Å². The summed E-state index contributed by atoms with van der Waals surface area (Å²) < 4.78 is 4.31. The second-order valence-corrected chi connectivity index (χ2v) is 3.49. The van der Waals surface area contributed by atoms with Crippen LogP contribution < -0.4 is 10.4 Å². The van der Waals surface area contributed by atoms with Gasteiger partial charge in [0.25, 0.3) is 5.91 Å². The Morgan fingerprint density at radius 2 is 1.61 bits per heavy atom. The lowest BCUT2D eigenvalue weighted by molar-refractivity contribution is -0.255. The van der Waals surface area contributed by atoms with Gasteiger partial charge in [-0.25, -0.2) is 9.59 Å². The Morgan fingerprint density at radius 1 is 1.11 bits per heavy atom. The minimum atomic E-state index is -1.62. The Bertz CT molecular complexity index is 604. The van der Waals surface area contributed by atoms with Crippen molar-refractivity contribution in [3.8, 4) is 0 Å². The van der Waals surface area contributed by atoms with Gasteiger partial charge >= 0.3 is 11.9 Å². The summed E-state index contributed by atoms with van der Waals surface area (Å²) in [6.07, 6.45) is 0. The standard InChI is InChI=1S/C11H7NO6/c1-12-8(13)4-2-6-7(3-5(4)9(14)15)11(17)18-10(6)16/h2-3H,1H3,(H,12,13)(H,14,15)/p-1. The number of hydrogen-bond donors (Lipinski definition) is 1. The number of aromatic carboxylic acids is 1. The number of carbonyl (C=O) groups is 4. The molecule has 0 aliphatic carbocycles. The first-order chi connectivity index (χ1) is 8.45. The number of carboxylic acid groups (broad SMARTS) is 1. The van der Waals surface area contributed by atoms with Crippen molar-refractivity contribution in [3.05, 3.63) is 34.4 Å². The molecule has 1 heterocycles. The molecule has 0 saturated carbocycles. The van der Waals surface area contributed by atoms with Crippen LogP contribution in [0.25, 0.3) is 0 Å². The third-order valence-electron chi connectivity index (χ3n) is 2.47. The van der Waals surface area contributed by atoms with Crippen LogP contribution >= 0.6 is 0 Å². The van der Waals surface area contributed by atoms with E-state index in [9.17, 15) is 24.3 Å². The predicted molar refractivity (Wildman–Crippen MR) is 53.9 cm³/mol. The fourth-order valence-corrected chi connectivity index (χ4v) is 1.62. The van der Waals surface area contributed by atoms with Gasteiger partial charge in [0.1, 0.15) is 0 Å². The van der Waals surface area contributed by atoms with Gasteiger partial charge in [-0.3, -0.25) is 4.79 Å². The Labute approximate surface area is 100 Å². The normalized spacial score (nSPS) is 12.9. The van der Waals surface area contributed by atoms with Crippen LogP contribution in [-0.2, 0) is 4.74 Å². The zero-order valence-electron chi connectivity index (χ0n) is 9.10. The lowest BCUT2D eigenvalue weighted by Crippen LogP contribution is -2.28. The summed E-state index contributed by atoms with van der Waals surface area (Å²) in [5.74, 6) is -4.18. The molecule has 2 rings (SSSR count). The van der Waals surface area contributed by atoms with Crippen molar-refractivity contribution >= 4 is 23.8 Å². The number of nitrogens with one attached hydrogen (secondary N) is 1. The van der Waals surface area contributed by atoms with Gasteiger partial charge in [0.2, 0.25) is 0 Å². The number of cyclic esters (lactones) is 2. The van der Waals surface area contributed by atoms with Crippen LogP contribution in [0.4, 0.5) is 0 Å². The topological polar surface area (TPSA) is 113 Å². The highest BCUT2D eigenvalue weighted by atomic mass is 16.6. The van der Waals surface area contributed by atoms with E-state index in [1.165, 1.54) is 7.05 Å². The molecule has 0 aromatic heterocycles. The Morgan fingerprint density at radius 3 is 2.06 bits per heavy atom. The lowest BCUT2D eigenvalue weighted by Gasteiger charge is -2.10. The number of benzene rings is 1. The van der Waals surface area contributed by atoms with Crippen molar-refractivity contribution in [2.24, 2.45) is 0 Å². The van der Waals surface area contributed by atoms with E-state index in [1.54, 1.807) is 0 Å². The number of fused-ring (bicyclic) bond motifs is 1. The van der Waals surface area contributed by atoms with Gasteiger partial charge in [0.15, 0.2) is 0 Å². The molecular weight excluding hydrogens is 242 g/mol. The van der Waals surface area contributed by atoms with Crippen molar-refractivity contribution in [1.29, 1.82) is 0 Å². The first kappa shape index (κ1) is 11.8. The van der Waals surface area contributed by atoms with E-state index < -0.39 is 29.4 Å². The summed E-state index contributed by atoms with van der Waals surface area (Å²) in [5.41, 5.74) is -1.06. The second-order valence-electron chi connectivity index (χ2n) is 3.49. The number of ether oxygens (including phenoxy) is 1. The Kier molecular flexibility index (Phi) is 2.59. The lowest BCUT2D eigenvalue weighted by atomic mass is 9.99. The highest BCUT2D eigenvalue weighted by molar-refractivity contribution is 6.17. The molecule has 7 nitrogen and oxygen atoms in total. The second kappa shape index (κ2) is 3.95. The molecule has 0 spiro atoms. The van der Waals surface area contributed by atoms with E-state index in [1.807, 2.05) is 0 Å². The maximum atomic E-state index is 11.5. The van der Waals surface area contributed by atoms with Gasteiger partial charge in [-0.15, -0.1) is 0 Å². The van der Waals surface area contributed by atoms with Crippen molar-refractivity contribution in [1.82, 2.24) is 5.32 Å². The number of rotatable bonds is 2. The Hall–Kier alpha value is -2.70. The molecule has 0 radical (unpaired) electrons. The van der Waals surface area contributed by atoms with Gasteiger partial charge in [-0.05, 0) is 12.1 Å². The van der Waals surface area contributed by atoms with Gasteiger partial charge in [-0.1, -0.05) is 0 Å². The molecule has 0 bridgehead atoms. The van der Waals surface area contributed by atoms with Crippen LogP contribution in [0, 0.1) is 0 Å². The van der Waals surface area contributed by atoms with Crippen LogP contribution in [0.1, 0.15) is 41.4 Å². The van der Waals surface area contributed by atoms with Crippen LogP contribution in [0.5, 0.6) is 0 Å². The van der Waals surface area contributed by atoms with E-state index in [2.05, 4.69) is 10.1 Å². The molecule has 1 aromatic carbocycles. The molecule has 0 fully saturated rings. The molecule has 1 aliphatic heterocycles. The van der Waals surface area contributed by atoms with Crippen LogP contribution in [0.2, 0.25) is 0 Å². The molecule has 0 saturated heterocycles. The molecule has 7 heteroatoms. The average Bonchev–Trinajstić information content (AvgIpc) is 2.62. The van der Waals surface area contributed by atoms with E-state index in [-0.39, 0.29) is 16.7 Å². The third kappa shape index (κ3) is 1.61. The average molecular weight is 248 g/mol. The minimum absolute atomic E-state index is 0.136. The molecule has 1 aliphatic rings. The summed E-state index contributed by atoms with van der Waals surface area (Å²) in [7, 11) is 1.30. The smallest absolute Gasteiger partial charge is 0.346 e. The maximum absolute atomic E-state index is 11.5. The predicted octanol–water partition coefficient (Wildman–Crippen LogP) is -1.28. The quantitative estimate of drug-likeness (QED) is 0.515. The van der Waals surface area contributed by atoms with Gasteiger partial charge < -0.3 is 20.0 Å². The fraction of sp³-hybridized carbons (Fsp3) is 0.0909. The summed E-state index contributed by atoms with van der Waals surface area (Å²) in [4.78, 5) is 44.9. The molecule has 1 N–H and O–H groups in total. The van der Waals surface area contributed by atoms with Crippen molar-refractivity contribution in [2.45, 2.75) is 0 Å². The summed E-state index contributed by atoms with van der Waals surface area (Å²) in [6.45, 7) is 0. The molecule has 18 heavy (non-hydrogen) atoms. The molecule has 1 aromatic rings. The van der Waals surface area contributed by atoms with E-state index >= 15 is 0 Å². The number of carboxylic acids is 1. The maximum Gasteiger partial charge on any atom is 0.346 e. The van der Waals surface area contributed by atoms with Crippen molar-refractivity contribution in [3.63, 3.8) is 0 Å². The number of carbonyl (C=O) groups excluding carboxylic acids is 4. The molecule has 0 unspecified atom stereocenters. The van der Waals surface area contributed by atoms with Crippen LogP contribution in [-0.4, -0.2) is 30.9 Å². The molecule has 0 atom stereocenters. The number of esters is 2. The molecular formula is C11H6NO6-. The van der Waals surface area contributed by atoms with E-state index in [4.69, 9.17) is 0 Å². The summed E-state index contributed by atoms with van der Waals surface area (Å²) in [6, 6.07) is 1.91. The SMILES string of the molecule is CNC(=O)c1cc2c(cc1C(=O)[O-])C(=O)OC2=O. The largest absolute Gasteiger partial charge is 0.545 e. The van der Waals surface area contributed by atoms with E-state index in [0.29, 0.717) is 0 Å². The molecule has 1 amide bonds. The summed E-state index contributed by atoms with van der Waals surface area (Å²) >= 11 is 0. The minimum Gasteiger partial charge on any atom is -0.545 e. The number of amides is 1. The third-order valence-corrected chi connectivity index (χ3v) is 2.47. The highest BCUT2D eigenvalue weighted by Crippen LogP contribution is 2.24. The van der Waals surface area contributed by atoms with Crippen LogP contribution in [0.3, 0.4) is 0 Å². The monoisotopic (exact) mass is 248 g/mol. The summed E-state index contributed by atoms with van der Waals surface area (Å²) in [5, 5.41) is 13.1. The number of hydrogen-bond acceptors (Lipinski definition) is 6. The van der Waals surface area contributed by atoms with Gasteiger partial charge in [0.05, 0.1) is 17.1 Å². The zero-order valence-corrected chi connectivity index (χ0v) is 9.10. The first-order valence-corrected chi connectivity index (χ1v) is 4.83. The highest BCUT2D eigenvalue weighted by Gasteiger charge is 2.32.